The van der Waals surface area contributed by atoms with E-state index in [1.807, 2.05) is 6.92 Å². The number of aliphatic hydroxyl groups excluding tert-OH is 1. The highest BCUT2D eigenvalue weighted by atomic mass is 16.3. The first kappa shape index (κ1) is 12.3. The summed E-state index contributed by atoms with van der Waals surface area (Å²) >= 11 is 0. The number of nitrogens with one attached hydrogen (secondary N) is 1. The van der Waals surface area contributed by atoms with Crippen LogP contribution in [0.4, 0.5) is 4.79 Å². The second-order valence-electron chi connectivity index (χ2n) is 4.26. The lowest BCUT2D eigenvalue weighted by molar-refractivity contribution is 0.0466. The zero-order chi connectivity index (χ0) is 11.3. The average molecular weight is 214 g/mol. The van der Waals surface area contributed by atoms with Gasteiger partial charge in [-0.2, -0.15) is 0 Å². The lowest BCUT2D eigenvalue weighted by atomic mass is 9.92. The average Bonchev–Trinajstić information content (AvgIpc) is 2.25. The molecule has 0 bridgehead atoms. The number of urea groups is 1. The Balaban J connectivity index is 2.42. The van der Waals surface area contributed by atoms with Crippen LogP contribution in [0.5, 0.6) is 0 Å². The SMILES string of the molecule is CCCNC(=O)N(C)C1CCCCC1O. The fraction of sp³-hybridized carbons (Fsp3) is 0.909. The van der Waals surface area contributed by atoms with Crippen molar-refractivity contribution in [3.8, 4) is 0 Å². The molecule has 2 unspecified atom stereocenters. The van der Waals surface area contributed by atoms with Gasteiger partial charge in [-0.15, -0.1) is 0 Å². The number of hydrogen-bond donors (Lipinski definition) is 2. The molecule has 1 aliphatic carbocycles. The van der Waals surface area contributed by atoms with Crippen LogP contribution < -0.4 is 5.32 Å². The first-order valence-corrected chi connectivity index (χ1v) is 5.85. The van der Waals surface area contributed by atoms with Crippen molar-refractivity contribution in [2.24, 2.45) is 0 Å². The van der Waals surface area contributed by atoms with Crippen LogP contribution in [-0.2, 0) is 0 Å². The van der Waals surface area contributed by atoms with E-state index >= 15 is 0 Å². The van der Waals surface area contributed by atoms with Crippen molar-refractivity contribution >= 4 is 6.03 Å². The molecule has 0 radical (unpaired) electrons. The fourth-order valence-electron chi connectivity index (χ4n) is 2.05. The van der Waals surface area contributed by atoms with E-state index in [0.717, 1.165) is 32.1 Å². The van der Waals surface area contributed by atoms with Crippen LogP contribution in [0.2, 0.25) is 0 Å². The standard InChI is InChI=1S/C11H22N2O2/c1-3-8-12-11(15)13(2)9-6-4-5-7-10(9)14/h9-10,14H,3-8H2,1-2H3,(H,12,15). The zero-order valence-electron chi connectivity index (χ0n) is 9.70. The molecule has 0 aromatic rings. The summed E-state index contributed by atoms with van der Waals surface area (Å²) in [5, 5.41) is 12.6. The molecule has 0 aliphatic heterocycles. The Bertz CT molecular complexity index is 209. The summed E-state index contributed by atoms with van der Waals surface area (Å²) in [4.78, 5) is 13.3. The summed E-state index contributed by atoms with van der Waals surface area (Å²) in [5.74, 6) is 0. The molecule has 0 saturated heterocycles. The van der Waals surface area contributed by atoms with Crippen LogP contribution in [-0.4, -0.2) is 41.8 Å². The second-order valence-corrected chi connectivity index (χ2v) is 4.26. The lowest BCUT2D eigenvalue weighted by Gasteiger charge is -2.35. The fourth-order valence-corrected chi connectivity index (χ4v) is 2.05. The molecule has 2 atom stereocenters. The Morgan fingerprint density at radius 2 is 2.13 bits per heavy atom. The van der Waals surface area contributed by atoms with Crippen LogP contribution >= 0.6 is 0 Å². The molecule has 1 fully saturated rings. The van der Waals surface area contributed by atoms with Gasteiger partial charge < -0.3 is 15.3 Å². The summed E-state index contributed by atoms with van der Waals surface area (Å²) in [6.45, 7) is 2.72. The summed E-state index contributed by atoms with van der Waals surface area (Å²) in [6.07, 6.45) is 4.49. The van der Waals surface area contributed by atoms with Crippen molar-refractivity contribution < 1.29 is 9.90 Å². The van der Waals surface area contributed by atoms with E-state index in [9.17, 15) is 9.90 Å². The van der Waals surface area contributed by atoms with Gasteiger partial charge in [-0.05, 0) is 19.3 Å². The van der Waals surface area contributed by atoms with Gasteiger partial charge in [0.25, 0.3) is 0 Å². The molecule has 0 heterocycles. The monoisotopic (exact) mass is 214 g/mol. The maximum atomic E-state index is 11.7. The predicted molar refractivity (Wildman–Crippen MR) is 59.7 cm³/mol. The van der Waals surface area contributed by atoms with Gasteiger partial charge in [-0.3, -0.25) is 0 Å². The topological polar surface area (TPSA) is 52.6 Å². The summed E-state index contributed by atoms with van der Waals surface area (Å²) in [7, 11) is 1.77. The molecule has 1 rings (SSSR count). The number of hydrogen-bond acceptors (Lipinski definition) is 2. The van der Waals surface area contributed by atoms with Crippen LogP contribution in [0.25, 0.3) is 0 Å². The maximum absolute atomic E-state index is 11.7. The van der Waals surface area contributed by atoms with Crippen LogP contribution in [0.1, 0.15) is 39.0 Å². The van der Waals surface area contributed by atoms with Crippen LogP contribution in [0.15, 0.2) is 0 Å². The van der Waals surface area contributed by atoms with E-state index in [-0.39, 0.29) is 18.2 Å². The minimum absolute atomic E-state index is 0.00407. The minimum atomic E-state index is -0.351. The maximum Gasteiger partial charge on any atom is 0.317 e. The third-order valence-corrected chi connectivity index (χ3v) is 3.04. The Kier molecular flexibility index (Phi) is 4.88. The van der Waals surface area contributed by atoms with Crippen molar-refractivity contribution in [3.05, 3.63) is 0 Å². The molecule has 4 heteroatoms. The molecular formula is C11H22N2O2. The van der Waals surface area contributed by atoms with Gasteiger partial charge in [0.1, 0.15) is 0 Å². The molecule has 2 amide bonds. The van der Waals surface area contributed by atoms with Gasteiger partial charge in [0.2, 0.25) is 0 Å². The quantitative estimate of drug-likeness (QED) is 0.745. The number of aliphatic hydroxyl groups is 1. The molecule has 88 valence electrons. The smallest absolute Gasteiger partial charge is 0.317 e. The number of carbonyl (C=O) groups is 1. The van der Waals surface area contributed by atoms with E-state index in [1.54, 1.807) is 11.9 Å². The molecule has 0 spiro atoms. The van der Waals surface area contributed by atoms with E-state index in [2.05, 4.69) is 5.32 Å². The first-order valence-electron chi connectivity index (χ1n) is 5.85. The van der Waals surface area contributed by atoms with E-state index in [0.29, 0.717) is 6.54 Å². The van der Waals surface area contributed by atoms with Gasteiger partial charge in [0.15, 0.2) is 0 Å². The van der Waals surface area contributed by atoms with Crippen molar-refractivity contribution in [3.63, 3.8) is 0 Å². The lowest BCUT2D eigenvalue weighted by Crippen LogP contribution is -2.50. The Hall–Kier alpha value is -0.770. The number of nitrogens with zero attached hydrogens (tertiary/aromatic N) is 1. The number of likely N-dealkylation sites (N-methyl/N-ethyl adjacent to an activating group) is 1. The molecule has 1 aliphatic rings. The number of rotatable bonds is 3. The van der Waals surface area contributed by atoms with Crippen molar-refractivity contribution in [1.82, 2.24) is 10.2 Å². The summed E-state index contributed by atoms with van der Waals surface area (Å²) in [5.41, 5.74) is 0. The summed E-state index contributed by atoms with van der Waals surface area (Å²) in [6, 6.07) is -0.0709. The molecule has 0 aromatic carbocycles. The molecule has 2 N–H and O–H groups in total. The largest absolute Gasteiger partial charge is 0.391 e. The highest BCUT2D eigenvalue weighted by molar-refractivity contribution is 5.74. The molecule has 15 heavy (non-hydrogen) atoms. The number of amides is 2. The second kappa shape index (κ2) is 5.95. The van der Waals surface area contributed by atoms with Crippen LogP contribution in [0.3, 0.4) is 0 Å². The molecular weight excluding hydrogens is 192 g/mol. The Labute approximate surface area is 91.6 Å². The summed E-state index contributed by atoms with van der Waals surface area (Å²) < 4.78 is 0. The van der Waals surface area contributed by atoms with E-state index < -0.39 is 0 Å². The Morgan fingerprint density at radius 1 is 1.47 bits per heavy atom. The van der Waals surface area contributed by atoms with Gasteiger partial charge in [-0.25, -0.2) is 4.79 Å². The van der Waals surface area contributed by atoms with Crippen molar-refractivity contribution in [2.75, 3.05) is 13.6 Å². The molecule has 0 aromatic heterocycles. The first-order chi connectivity index (χ1) is 7.16. The predicted octanol–water partition coefficient (Wildman–Crippen LogP) is 1.34. The highest BCUT2D eigenvalue weighted by Gasteiger charge is 2.28. The van der Waals surface area contributed by atoms with Crippen molar-refractivity contribution in [1.29, 1.82) is 0 Å². The van der Waals surface area contributed by atoms with Gasteiger partial charge in [-0.1, -0.05) is 19.8 Å². The molecule has 4 nitrogen and oxygen atoms in total. The van der Waals surface area contributed by atoms with Crippen LogP contribution in [0, 0.1) is 0 Å². The third-order valence-electron chi connectivity index (χ3n) is 3.04. The van der Waals surface area contributed by atoms with Crippen molar-refractivity contribution in [2.45, 2.75) is 51.2 Å². The van der Waals surface area contributed by atoms with E-state index in [1.165, 1.54) is 0 Å². The minimum Gasteiger partial charge on any atom is -0.391 e. The third kappa shape index (κ3) is 3.38. The Morgan fingerprint density at radius 3 is 2.73 bits per heavy atom. The van der Waals surface area contributed by atoms with E-state index in [4.69, 9.17) is 0 Å². The van der Waals surface area contributed by atoms with Gasteiger partial charge in [0.05, 0.1) is 12.1 Å². The number of carbonyl (C=O) groups excluding carboxylic acids is 1. The molecule has 1 saturated carbocycles. The normalized spacial score (nSPS) is 26.1. The van der Waals surface area contributed by atoms with Gasteiger partial charge in [0, 0.05) is 13.6 Å². The zero-order valence-corrected chi connectivity index (χ0v) is 9.70. The highest BCUT2D eigenvalue weighted by Crippen LogP contribution is 2.22. The van der Waals surface area contributed by atoms with Gasteiger partial charge >= 0.3 is 6.03 Å².